The number of hydrogen-bond donors (Lipinski definition) is 1. The summed E-state index contributed by atoms with van der Waals surface area (Å²) < 4.78 is 5.37. The van der Waals surface area contributed by atoms with Crippen LogP contribution in [0.2, 0.25) is 0 Å². The first kappa shape index (κ1) is 25.4. The van der Waals surface area contributed by atoms with Gasteiger partial charge in [0, 0.05) is 35.8 Å². The molecule has 0 aromatic heterocycles. The highest BCUT2D eigenvalue weighted by Crippen LogP contribution is 2.31. The highest BCUT2D eigenvalue weighted by Gasteiger charge is 2.34. The molecule has 7 nitrogen and oxygen atoms in total. The number of halogens is 1. The molecule has 0 saturated carbocycles. The first-order chi connectivity index (χ1) is 17.1. The van der Waals surface area contributed by atoms with Crippen LogP contribution >= 0.6 is 12.4 Å². The minimum atomic E-state index is -0.306. The van der Waals surface area contributed by atoms with E-state index in [4.69, 9.17) is 4.74 Å². The average molecular weight is 506 g/mol. The first-order valence-electron chi connectivity index (χ1n) is 11.8. The van der Waals surface area contributed by atoms with Gasteiger partial charge in [-0.05, 0) is 31.0 Å². The minimum absolute atomic E-state index is 0. The van der Waals surface area contributed by atoms with Gasteiger partial charge in [-0.25, -0.2) is 4.79 Å². The molecule has 0 bridgehead atoms. The molecule has 2 aliphatic rings. The highest BCUT2D eigenvalue weighted by molar-refractivity contribution is 6.13. The Morgan fingerprint density at radius 2 is 1.56 bits per heavy atom. The molecule has 3 aromatic rings. The predicted octanol–water partition coefficient (Wildman–Crippen LogP) is 4.90. The van der Waals surface area contributed by atoms with Gasteiger partial charge >= 0.3 is 6.09 Å². The first-order valence-corrected chi connectivity index (χ1v) is 11.8. The van der Waals surface area contributed by atoms with Crippen molar-refractivity contribution in [2.24, 2.45) is 0 Å². The number of cyclic esters (lactones) is 1. The second-order valence-electron chi connectivity index (χ2n) is 8.85. The summed E-state index contributed by atoms with van der Waals surface area (Å²) in [5.41, 5.74) is 3.48. The molecule has 0 spiro atoms. The molecule has 36 heavy (non-hydrogen) atoms. The van der Waals surface area contributed by atoms with Gasteiger partial charge < -0.3 is 10.1 Å². The number of carbonyl (C=O) groups is 3. The summed E-state index contributed by atoms with van der Waals surface area (Å²) in [7, 11) is 0. The van der Waals surface area contributed by atoms with Crippen molar-refractivity contribution in [2.45, 2.75) is 25.5 Å². The Kier molecular flexibility index (Phi) is 8.03. The Labute approximate surface area is 216 Å². The highest BCUT2D eigenvalue weighted by atomic mass is 35.5. The van der Waals surface area contributed by atoms with E-state index in [9.17, 15) is 14.4 Å². The van der Waals surface area contributed by atoms with E-state index >= 15 is 0 Å². The van der Waals surface area contributed by atoms with Gasteiger partial charge in [-0.2, -0.15) is 0 Å². The quantitative estimate of drug-likeness (QED) is 0.482. The number of amides is 2. The zero-order valence-corrected chi connectivity index (χ0v) is 20.6. The summed E-state index contributed by atoms with van der Waals surface area (Å²) in [6.07, 6.45) is 1.19. The molecule has 2 amide bonds. The van der Waals surface area contributed by atoms with Crippen molar-refractivity contribution < 1.29 is 19.1 Å². The number of nitrogens with one attached hydrogen (secondary N) is 1. The molecule has 2 heterocycles. The minimum Gasteiger partial charge on any atom is -0.444 e. The lowest BCUT2D eigenvalue weighted by atomic mass is 10.0. The molecule has 0 unspecified atom stereocenters. The number of carbonyl (C=O) groups excluding carboxylic acids is 3. The number of likely N-dealkylation sites (tertiary alicyclic amines) is 1. The SMILES string of the molecule is Cl.O=C(CN1CCC(N2C(=O)OCc3ccccc32)CC1)Nc1ccccc1C(=O)c1ccccc1. The molecule has 0 aliphatic carbocycles. The standard InChI is InChI=1S/C28H27N3O4.ClH/c32-26(29-24-12-6-5-11-23(24)27(33)20-8-2-1-3-9-20)18-30-16-14-22(15-17-30)31-25-13-7-4-10-21(25)19-35-28(31)34;/h1-13,22H,14-19H2,(H,29,32);1H. The van der Waals surface area contributed by atoms with E-state index in [1.165, 1.54) is 0 Å². The van der Waals surface area contributed by atoms with Crippen LogP contribution in [0.25, 0.3) is 0 Å². The summed E-state index contributed by atoms with van der Waals surface area (Å²) in [6.45, 7) is 1.91. The summed E-state index contributed by atoms with van der Waals surface area (Å²) in [6, 6.07) is 24.0. The Morgan fingerprint density at radius 1 is 0.889 bits per heavy atom. The lowest BCUT2D eigenvalue weighted by Crippen LogP contribution is -2.50. The number of anilines is 2. The van der Waals surface area contributed by atoms with E-state index in [0.717, 1.165) is 24.1 Å². The maximum Gasteiger partial charge on any atom is 0.414 e. The Morgan fingerprint density at radius 3 is 2.33 bits per heavy atom. The van der Waals surface area contributed by atoms with Crippen LogP contribution in [0.3, 0.4) is 0 Å². The molecule has 8 heteroatoms. The second kappa shape index (κ2) is 11.4. The number of benzene rings is 3. The van der Waals surface area contributed by atoms with Crippen molar-refractivity contribution in [2.75, 3.05) is 29.9 Å². The number of ether oxygens (including phenoxy) is 1. The second-order valence-corrected chi connectivity index (χ2v) is 8.85. The molecule has 186 valence electrons. The molecular weight excluding hydrogens is 478 g/mol. The number of piperidine rings is 1. The molecular formula is C28H28ClN3O4. The van der Waals surface area contributed by atoms with Crippen molar-refractivity contribution in [3.63, 3.8) is 0 Å². The third-order valence-electron chi connectivity index (χ3n) is 6.57. The van der Waals surface area contributed by atoms with E-state index < -0.39 is 0 Å². The molecule has 3 aromatic carbocycles. The van der Waals surface area contributed by atoms with Crippen LogP contribution in [0.15, 0.2) is 78.9 Å². The van der Waals surface area contributed by atoms with Gasteiger partial charge in [0.1, 0.15) is 6.61 Å². The fourth-order valence-corrected chi connectivity index (χ4v) is 4.78. The summed E-state index contributed by atoms with van der Waals surface area (Å²) in [5, 5.41) is 2.92. The average Bonchev–Trinajstić information content (AvgIpc) is 2.90. The van der Waals surface area contributed by atoms with Crippen molar-refractivity contribution in [3.8, 4) is 0 Å². The molecule has 5 rings (SSSR count). The van der Waals surface area contributed by atoms with E-state index in [1.54, 1.807) is 41.3 Å². The van der Waals surface area contributed by atoms with Crippen LogP contribution in [0.5, 0.6) is 0 Å². The normalized spacial score (nSPS) is 15.9. The van der Waals surface area contributed by atoms with E-state index in [2.05, 4.69) is 10.2 Å². The molecule has 0 atom stereocenters. The molecule has 0 radical (unpaired) electrons. The van der Waals surface area contributed by atoms with Crippen LogP contribution in [-0.4, -0.2) is 48.4 Å². The van der Waals surface area contributed by atoms with Crippen molar-refractivity contribution >= 4 is 41.6 Å². The summed E-state index contributed by atoms with van der Waals surface area (Å²) in [5.74, 6) is -0.296. The van der Waals surface area contributed by atoms with Gasteiger partial charge in [-0.3, -0.25) is 19.4 Å². The fourth-order valence-electron chi connectivity index (χ4n) is 4.78. The lowest BCUT2D eigenvalue weighted by molar-refractivity contribution is -0.117. The number of ketones is 1. The number of rotatable bonds is 6. The monoisotopic (exact) mass is 505 g/mol. The third kappa shape index (κ3) is 5.42. The Hall–Kier alpha value is -3.68. The third-order valence-corrected chi connectivity index (χ3v) is 6.57. The van der Waals surface area contributed by atoms with Crippen molar-refractivity contribution in [3.05, 3.63) is 95.6 Å². The van der Waals surface area contributed by atoms with E-state index in [0.29, 0.717) is 36.5 Å². The molecule has 1 saturated heterocycles. The summed E-state index contributed by atoms with van der Waals surface area (Å²) in [4.78, 5) is 42.1. The largest absolute Gasteiger partial charge is 0.444 e. The number of nitrogens with zero attached hydrogens (tertiary/aromatic N) is 2. The van der Waals surface area contributed by atoms with Crippen molar-refractivity contribution in [1.29, 1.82) is 0 Å². The van der Waals surface area contributed by atoms with Gasteiger partial charge in [0.15, 0.2) is 5.78 Å². The van der Waals surface area contributed by atoms with Crippen LogP contribution in [0.1, 0.15) is 34.3 Å². The van der Waals surface area contributed by atoms with Gasteiger partial charge in [-0.1, -0.05) is 60.7 Å². The van der Waals surface area contributed by atoms with E-state index in [1.807, 2.05) is 42.5 Å². The van der Waals surface area contributed by atoms with Crippen LogP contribution < -0.4 is 10.2 Å². The summed E-state index contributed by atoms with van der Waals surface area (Å²) >= 11 is 0. The lowest BCUT2D eigenvalue weighted by Gasteiger charge is -2.40. The van der Waals surface area contributed by atoms with Crippen molar-refractivity contribution in [1.82, 2.24) is 4.90 Å². The van der Waals surface area contributed by atoms with Crippen LogP contribution in [0, 0.1) is 0 Å². The van der Waals surface area contributed by atoms with E-state index in [-0.39, 0.29) is 42.8 Å². The van der Waals surface area contributed by atoms with Crippen LogP contribution in [0.4, 0.5) is 16.2 Å². The topological polar surface area (TPSA) is 79.0 Å². The predicted molar refractivity (Wildman–Crippen MR) is 141 cm³/mol. The molecule has 1 N–H and O–H groups in total. The van der Waals surface area contributed by atoms with Gasteiger partial charge in [0.05, 0.1) is 17.9 Å². The zero-order chi connectivity index (χ0) is 24.2. The Balaban J connectivity index is 0.00000304. The molecule has 2 aliphatic heterocycles. The van der Waals surface area contributed by atoms with Gasteiger partial charge in [0.2, 0.25) is 5.91 Å². The maximum atomic E-state index is 12.9. The fraction of sp³-hybridized carbons (Fsp3) is 0.250. The van der Waals surface area contributed by atoms with Gasteiger partial charge in [-0.15, -0.1) is 12.4 Å². The zero-order valence-electron chi connectivity index (χ0n) is 19.8. The van der Waals surface area contributed by atoms with Gasteiger partial charge in [0.25, 0.3) is 0 Å². The Bertz CT molecular complexity index is 1240. The molecule has 1 fully saturated rings. The number of para-hydroxylation sites is 2. The smallest absolute Gasteiger partial charge is 0.414 e. The number of fused-ring (bicyclic) bond motifs is 1. The van der Waals surface area contributed by atoms with Crippen LogP contribution in [-0.2, 0) is 16.1 Å². The maximum absolute atomic E-state index is 12.9. The number of hydrogen-bond acceptors (Lipinski definition) is 5.